The molecule has 0 aromatic heterocycles. The van der Waals surface area contributed by atoms with Gasteiger partial charge in [0.05, 0.1) is 25.4 Å². The Hall–Kier alpha value is -1.17. The molecule has 1 unspecified atom stereocenters. The van der Waals surface area contributed by atoms with Crippen LogP contribution in [0.25, 0.3) is 0 Å². The molecule has 1 heterocycles. The fourth-order valence-electron chi connectivity index (χ4n) is 1.97. The molecular formula is C14H19NO3S. The number of para-hydroxylation sites is 1. The van der Waals surface area contributed by atoms with Gasteiger partial charge in [0.25, 0.3) is 0 Å². The molecule has 0 saturated carbocycles. The third kappa shape index (κ3) is 4.45. The Kier molecular flexibility index (Phi) is 5.57. The summed E-state index contributed by atoms with van der Waals surface area (Å²) in [6.45, 7) is 3.45. The molecule has 4 nitrogen and oxygen atoms in total. The van der Waals surface area contributed by atoms with Crippen molar-refractivity contribution in [2.75, 3.05) is 33.0 Å². The molecule has 0 bridgehead atoms. The summed E-state index contributed by atoms with van der Waals surface area (Å²) in [6.07, 6.45) is 1.09. The molecule has 1 aliphatic rings. The average Bonchev–Trinajstić information content (AvgIpc) is 2.92. The smallest absolute Gasteiger partial charge is 0.129 e. The van der Waals surface area contributed by atoms with Gasteiger partial charge in [-0.1, -0.05) is 24.4 Å². The maximum atomic E-state index is 5.64. The number of nitrogens with two attached hydrogens (primary N) is 1. The molecule has 1 fully saturated rings. The van der Waals surface area contributed by atoms with Gasteiger partial charge >= 0.3 is 0 Å². The van der Waals surface area contributed by atoms with E-state index in [1.165, 1.54) is 0 Å². The van der Waals surface area contributed by atoms with Crippen LogP contribution >= 0.6 is 12.2 Å². The molecule has 19 heavy (non-hydrogen) atoms. The summed E-state index contributed by atoms with van der Waals surface area (Å²) in [4.78, 5) is 0.347. The second-order valence-corrected chi connectivity index (χ2v) is 4.95. The Morgan fingerprint density at radius 3 is 2.95 bits per heavy atom. The zero-order chi connectivity index (χ0) is 13.5. The molecule has 1 aliphatic heterocycles. The number of benzene rings is 1. The van der Waals surface area contributed by atoms with E-state index < -0.39 is 0 Å². The van der Waals surface area contributed by atoms with Crippen molar-refractivity contribution in [2.24, 2.45) is 11.7 Å². The molecule has 104 valence electrons. The van der Waals surface area contributed by atoms with Gasteiger partial charge in [-0.2, -0.15) is 0 Å². The Bertz CT molecular complexity index is 419. The first-order valence-corrected chi connectivity index (χ1v) is 6.85. The van der Waals surface area contributed by atoms with Crippen LogP contribution in [-0.2, 0) is 9.47 Å². The van der Waals surface area contributed by atoms with E-state index in [4.69, 9.17) is 32.2 Å². The predicted molar refractivity (Wildman–Crippen MR) is 77.6 cm³/mol. The quantitative estimate of drug-likeness (QED) is 0.609. The van der Waals surface area contributed by atoms with Crippen LogP contribution in [0, 0.1) is 5.92 Å². The standard InChI is InChI=1S/C14H19NO3S/c15-14(19)12-3-1-2-4-13(12)18-8-7-17-10-11-5-6-16-9-11/h1-4,11H,5-10H2,(H2,15,19). The number of ether oxygens (including phenoxy) is 3. The lowest BCUT2D eigenvalue weighted by molar-refractivity contribution is 0.0683. The Morgan fingerprint density at radius 2 is 2.21 bits per heavy atom. The van der Waals surface area contributed by atoms with Crippen molar-refractivity contribution in [1.82, 2.24) is 0 Å². The Labute approximate surface area is 118 Å². The highest BCUT2D eigenvalue weighted by molar-refractivity contribution is 7.80. The molecule has 1 atom stereocenters. The summed E-state index contributed by atoms with van der Waals surface area (Å²) in [6, 6.07) is 7.50. The van der Waals surface area contributed by atoms with Crippen LogP contribution in [0.5, 0.6) is 5.75 Å². The summed E-state index contributed by atoms with van der Waals surface area (Å²) in [5.74, 6) is 1.24. The zero-order valence-corrected chi connectivity index (χ0v) is 11.7. The van der Waals surface area contributed by atoms with Crippen LogP contribution in [-0.4, -0.2) is 38.0 Å². The molecule has 2 rings (SSSR count). The average molecular weight is 281 g/mol. The molecule has 5 heteroatoms. The minimum Gasteiger partial charge on any atom is -0.490 e. The van der Waals surface area contributed by atoms with E-state index in [-0.39, 0.29) is 0 Å². The van der Waals surface area contributed by atoms with Crippen molar-refractivity contribution in [3.05, 3.63) is 29.8 Å². The van der Waals surface area contributed by atoms with Crippen molar-refractivity contribution in [1.29, 1.82) is 0 Å². The van der Waals surface area contributed by atoms with E-state index in [2.05, 4.69) is 0 Å². The van der Waals surface area contributed by atoms with E-state index in [1.807, 2.05) is 24.3 Å². The molecular weight excluding hydrogens is 262 g/mol. The van der Waals surface area contributed by atoms with Crippen LogP contribution in [0.15, 0.2) is 24.3 Å². The SMILES string of the molecule is NC(=S)c1ccccc1OCCOCC1CCOC1. The third-order valence-corrected chi connectivity index (χ3v) is 3.24. The van der Waals surface area contributed by atoms with E-state index in [0.29, 0.717) is 29.9 Å². The lowest BCUT2D eigenvalue weighted by Crippen LogP contribution is -2.16. The molecule has 1 aromatic rings. The fourth-order valence-corrected chi connectivity index (χ4v) is 2.14. The molecule has 1 aromatic carbocycles. The van der Waals surface area contributed by atoms with Gasteiger partial charge in [-0.15, -0.1) is 0 Å². The van der Waals surface area contributed by atoms with Gasteiger partial charge < -0.3 is 19.9 Å². The van der Waals surface area contributed by atoms with Gasteiger partial charge in [-0.25, -0.2) is 0 Å². The minimum absolute atomic E-state index is 0.347. The summed E-state index contributed by atoms with van der Waals surface area (Å²) in [7, 11) is 0. The highest BCUT2D eigenvalue weighted by Crippen LogP contribution is 2.17. The fraction of sp³-hybridized carbons (Fsp3) is 0.500. The molecule has 0 radical (unpaired) electrons. The third-order valence-electron chi connectivity index (χ3n) is 3.02. The molecule has 0 amide bonds. The van der Waals surface area contributed by atoms with Crippen LogP contribution in [0.3, 0.4) is 0 Å². The summed E-state index contributed by atoms with van der Waals surface area (Å²) >= 11 is 4.98. The van der Waals surface area contributed by atoms with Crippen LogP contribution in [0.2, 0.25) is 0 Å². The van der Waals surface area contributed by atoms with Gasteiger partial charge in [-0.3, -0.25) is 0 Å². The second-order valence-electron chi connectivity index (χ2n) is 4.51. The van der Waals surface area contributed by atoms with E-state index in [1.54, 1.807) is 0 Å². The topological polar surface area (TPSA) is 53.7 Å². The summed E-state index contributed by atoms with van der Waals surface area (Å²) in [5, 5.41) is 0. The highest BCUT2D eigenvalue weighted by atomic mass is 32.1. The number of rotatable bonds is 7. The van der Waals surface area contributed by atoms with Crippen molar-refractivity contribution in [3.63, 3.8) is 0 Å². The number of thiocarbonyl (C=S) groups is 1. The lowest BCUT2D eigenvalue weighted by Gasteiger charge is -2.12. The van der Waals surface area contributed by atoms with Crippen LogP contribution in [0.4, 0.5) is 0 Å². The second kappa shape index (κ2) is 7.43. The van der Waals surface area contributed by atoms with Crippen molar-refractivity contribution >= 4 is 17.2 Å². The van der Waals surface area contributed by atoms with Gasteiger partial charge in [0, 0.05) is 12.5 Å². The summed E-state index contributed by atoms with van der Waals surface area (Å²) < 4.78 is 16.5. The van der Waals surface area contributed by atoms with Crippen LogP contribution < -0.4 is 10.5 Å². The first-order chi connectivity index (χ1) is 9.27. The van der Waals surface area contributed by atoms with E-state index in [9.17, 15) is 0 Å². The van der Waals surface area contributed by atoms with E-state index >= 15 is 0 Å². The normalized spacial score (nSPS) is 18.4. The molecule has 0 spiro atoms. The first kappa shape index (κ1) is 14.2. The highest BCUT2D eigenvalue weighted by Gasteiger charge is 2.15. The van der Waals surface area contributed by atoms with Crippen molar-refractivity contribution < 1.29 is 14.2 Å². The Morgan fingerprint density at radius 1 is 1.37 bits per heavy atom. The van der Waals surface area contributed by atoms with Gasteiger partial charge in [-0.05, 0) is 18.6 Å². The minimum atomic E-state index is 0.347. The molecule has 2 N–H and O–H groups in total. The monoisotopic (exact) mass is 281 g/mol. The number of hydrogen-bond acceptors (Lipinski definition) is 4. The van der Waals surface area contributed by atoms with Gasteiger partial charge in [0.1, 0.15) is 17.3 Å². The van der Waals surface area contributed by atoms with Crippen molar-refractivity contribution in [2.45, 2.75) is 6.42 Å². The lowest BCUT2D eigenvalue weighted by atomic mass is 10.1. The van der Waals surface area contributed by atoms with Crippen molar-refractivity contribution in [3.8, 4) is 5.75 Å². The number of hydrogen-bond donors (Lipinski definition) is 1. The van der Waals surface area contributed by atoms with Gasteiger partial charge in [0.15, 0.2) is 0 Å². The Balaban J connectivity index is 1.69. The molecule has 0 aliphatic carbocycles. The molecule has 1 saturated heterocycles. The zero-order valence-electron chi connectivity index (χ0n) is 10.8. The first-order valence-electron chi connectivity index (χ1n) is 6.44. The van der Waals surface area contributed by atoms with E-state index in [0.717, 1.165) is 31.8 Å². The maximum absolute atomic E-state index is 5.64. The largest absolute Gasteiger partial charge is 0.490 e. The van der Waals surface area contributed by atoms with Crippen LogP contribution in [0.1, 0.15) is 12.0 Å². The van der Waals surface area contributed by atoms with Gasteiger partial charge in [0.2, 0.25) is 0 Å². The predicted octanol–water partition coefficient (Wildman–Crippen LogP) is 1.75. The maximum Gasteiger partial charge on any atom is 0.129 e. The summed E-state index contributed by atoms with van der Waals surface area (Å²) in [5.41, 5.74) is 6.40.